The molecule has 25 heavy (non-hydrogen) atoms. The molecule has 0 bridgehead atoms. The van der Waals surface area contributed by atoms with Crippen LogP contribution in [0, 0.1) is 6.92 Å². The summed E-state index contributed by atoms with van der Waals surface area (Å²) < 4.78 is 5.08. The predicted molar refractivity (Wildman–Crippen MR) is 116 cm³/mol. The first-order valence-electron chi connectivity index (χ1n) is 8.77. The highest BCUT2D eigenvalue weighted by Gasteiger charge is 2.00. The molecule has 0 atom stereocenters. The Hall–Kier alpha value is -0.930. The number of nitrogens with zero attached hydrogens (tertiary/aromatic N) is 3. The molecule has 1 aromatic heterocycles. The lowest BCUT2D eigenvalue weighted by Crippen LogP contribution is -2.39. The molecule has 1 rings (SSSR count). The molecule has 2 N–H and O–H groups in total. The number of aryl methyl sites for hydroxylation is 1. The largest absolute Gasteiger partial charge is 0.385 e. The Morgan fingerprint density at radius 2 is 2.08 bits per heavy atom. The number of methoxy groups -OCH3 is 1. The molecule has 1 aromatic rings. The molecule has 0 saturated carbocycles. The number of hydrogen-bond acceptors (Lipinski definition) is 4. The quantitative estimate of drug-likeness (QED) is 0.228. The van der Waals surface area contributed by atoms with Crippen LogP contribution in [0.5, 0.6) is 0 Å². The number of aromatic nitrogens is 1. The molecule has 0 aliphatic heterocycles. The Morgan fingerprint density at radius 3 is 2.72 bits per heavy atom. The number of guanidine groups is 1. The number of nitrogens with one attached hydrogen (secondary N) is 2. The average Bonchev–Trinajstić information content (AvgIpc) is 2.57. The Morgan fingerprint density at radius 1 is 1.28 bits per heavy atom. The highest BCUT2D eigenvalue weighted by atomic mass is 127. The van der Waals surface area contributed by atoms with Crippen molar-refractivity contribution in [2.45, 2.75) is 26.7 Å². The maximum absolute atomic E-state index is 5.08. The zero-order valence-corrected chi connectivity index (χ0v) is 18.4. The van der Waals surface area contributed by atoms with Gasteiger partial charge in [-0.25, -0.2) is 0 Å². The molecule has 0 amide bonds. The minimum atomic E-state index is 0. The fraction of sp³-hybridized carbons (Fsp3) is 0.667. The van der Waals surface area contributed by atoms with E-state index in [1.807, 2.05) is 19.2 Å². The highest BCUT2D eigenvalue weighted by molar-refractivity contribution is 14.0. The van der Waals surface area contributed by atoms with Crippen molar-refractivity contribution in [1.82, 2.24) is 20.5 Å². The van der Waals surface area contributed by atoms with E-state index < -0.39 is 0 Å². The van der Waals surface area contributed by atoms with Gasteiger partial charge >= 0.3 is 0 Å². The van der Waals surface area contributed by atoms with Gasteiger partial charge in [-0.05, 0) is 45.4 Å². The standard InChI is InChI=1S/C18H33N5O.HI/c1-5-19-18(21-11-13-23(3)12-6-14-24-4)20-10-9-17-8-7-16(2)22-15-17;/h7-8,15H,5-6,9-14H2,1-4H3,(H2,19,20,21);1H. The number of likely N-dealkylation sites (N-methyl/N-ethyl adjacent to an activating group) is 1. The SMILES string of the molecule is CCNC(=NCCN(C)CCCOC)NCCc1ccc(C)nc1.I. The van der Waals surface area contributed by atoms with E-state index in [1.165, 1.54) is 5.56 Å². The summed E-state index contributed by atoms with van der Waals surface area (Å²) in [6.45, 7) is 9.37. The Bertz CT molecular complexity index is 467. The van der Waals surface area contributed by atoms with Crippen LogP contribution < -0.4 is 10.6 Å². The van der Waals surface area contributed by atoms with Crippen molar-refractivity contribution in [2.24, 2.45) is 4.99 Å². The zero-order valence-electron chi connectivity index (χ0n) is 16.0. The first-order chi connectivity index (χ1) is 11.7. The molecule has 1 heterocycles. The third-order valence-electron chi connectivity index (χ3n) is 3.66. The molecule has 7 heteroatoms. The van der Waals surface area contributed by atoms with E-state index in [4.69, 9.17) is 4.74 Å². The van der Waals surface area contributed by atoms with Gasteiger partial charge in [0.05, 0.1) is 6.54 Å². The van der Waals surface area contributed by atoms with E-state index in [0.717, 1.165) is 63.8 Å². The topological polar surface area (TPSA) is 61.8 Å². The minimum absolute atomic E-state index is 0. The molecule has 0 unspecified atom stereocenters. The second-order valence-electron chi connectivity index (χ2n) is 5.89. The Balaban J connectivity index is 0.00000576. The predicted octanol–water partition coefficient (Wildman–Crippen LogP) is 2.07. The molecule has 0 saturated heterocycles. The summed E-state index contributed by atoms with van der Waals surface area (Å²) in [5.74, 6) is 0.878. The van der Waals surface area contributed by atoms with Crippen LogP contribution in [0.3, 0.4) is 0 Å². The van der Waals surface area contributed by atoms with Crippen LogP contribution in [0.1, 0.15) is 24.6 Å². The summed E-state index contributed by atoms with van der Waals surface area (Å²) in [6, 6.07) is 4.18. The highest BCUT2D eigenvalue weighted by Crippen LogP contribution is 1.99. The summed E-state index contributed by atoms with van der Waals surface area (Å²) in [5, 5.41) is 6.67. The van der Waals surface area contributed by atoms with Gasteiger partial charge in [0.15, 0.2) is 5.96 Å². The van der Waals surface area contributed by atoms with E-state index in [1.54, 1.807) is 7.11 Å². The molecule has 144 valence electrons. The lowest BCUT2D eigenvalue weighted by Gasteiger charge is -2.16. The molecular formula is C18H34IN5O. The van der Waals surface area contributed by atoms with Crippen LogP contribution in [0.2, 0.25) is 0 Å². The van der Waals surface area contributed by atoms with E-state index in [9.17, 15) is 0 Å². The third-order valence-corrected chi connectivity index (χ3v) is 3.66. The van der Waals surface area contributed by atoms with Crippen LogP contribution in [0.4, 0.5) is 0 Å². The van der Waals surface area contributed by atoms with E-state index in [0.29, 0.717) is 0 Å². The second-order valence-corrected chi connectivity index (χ2v) is 5.89. The average molecular weight is 463 g/mol. The number of halogens is 1. The van der Waals surface area contributed by atoms with Crippen LogP contribution in [-0.2, 0) is 11.2 Å². The number of ether oxygens (including phenoxy) is 1. The lowest BCUT2D eigenvalue weighted by molar-refractivity contribution is 0.180. The van der Waals surface area contributed by atoms with Crippen LogP contribution in [0.25, 0.3) is 0 Å². The molecule has 0 fully saturated rings. The normalized spacial score (nSPS) is 11.3. The molecule has 0 aromatic carbocycles. The summed E-state index contributed by atoms with van der Waals surface area (Å²) in [5.41, 5.74) is 2.29. The van der Waals surface area contributed by atoms with Crippen molar-refractivity contribution in [2.75, 3.05) is 53.5 Å². The molecule has 0 aliphatic rings. The minimum Gasteiger partial charge on any atom is -0.385 e. The van der Waals surface area contributed by atoms with Crippen LogP contribution in [0.15, 0.2) is 23.3 Å². The van der Waals surface area contributed by atoms with E-state index in [-0.39, 0.29) is 24.0 Å². The van der Waals surface area contributed by atoms with Gasteiger partial charge in [-0.2, -0.15) is 0 Å². The van der Waals surface area contributed by atoms with Gasteiger partial charge in [-0.15, -0.1) is 24.0 Å². The number of pyridine rings is 1. The zero-order chi connectivity index (χ0) is 17.6. The van der Waals surface area contributed by atoms with Crippen molar-refractivity contribution >= 4 is 29.9 Å². The molecule has 6 nitrogen and oxygen atoms in total. The molecular weight excluding hydrogens is 429 g/mol. The van der Waals surface area contributed by atoms with Gasteiger partial charge in [0.1, 0.15) is 0 Å². The van der Waals surface area contributed by atoms with Gasteiger partial charge in [-0.1, -0.05) is 6.07 Å². The van der Waals surface area contributed by atoms with Crippen LogP contribution in [-0.4, -0.2) is 69.3 Å². The van der Waals surface area contributed by atoms with Gasteiger partial charge in [0, 0.05) is 51.8 Å². The second kappa shape index (κ2) is 15.3. The van der Waals surface area contributed by atoms with Gasteiger partial charge in [-0.3, -0.25) is 9.98 Å². The number of aliphatic imine (C=N–C) groups is 1. The van der Waals surface area contributed by atoms with E-state index >= 15 is 0 Å². The Labute approximate surface area is 169 Å². The number of rotatable bonds is 11. The van der Waals surface area contributed by atoms with Crippen LogP contribution >= 0.6 is 24.0 Å². The van der Waals surface area contributed by atoms with Crippen molar-refractivity contribution in [1.29, 1.82) is 0 Å². The van der Waals surface area contributed by atoms with E-state index in [2.05, 4.69) is 45.5 Å². The molecule has 0 radical (unpaired) electrons. The summed E-state index contributed by atoms with van der Waals surface area (Å²) in [4.78, 5) is 11.2. The summed E-state index contributed by atoms with van der Waals surface area (Å²) in [7, 11) is 3.86. The summed E-state index contributed by atoms with van der Waals surface area (Å²) >= 11 is 0. The molecule has 0 spiro atoms. The smallest absolute Gasteiger partial charge is 0.191 e. The number of hydrogen-bond donors (Lipinski definition) is 2. The lowest BCUT2D eigenvalue weighted by atomic mass is 10.2. The van der Waals surface area contributed by atoms with Gasteiger partial charge < -0.3 is 20.3 Å². The first kappa shape index (κ1) is 24.1. The van der Waals surface area contributed by atoms with Crippen molar-refractivity contribution in [3.05, 3.63) is 29.6 Å². The Kier molecular flexibility index (Phi) is 14.8. The van der Waals surface area contributed by atoms with Crippen molar-refractivity contribution < 1.29 is 4.74 Å². The van der Waals surface area contributed by atoms with Gasteiger partial charge in [0.25, 0.3) is 0 Å². The third kappa shape index (κ3) is 12.1. The summed E-state index contributed by atoms with van der Waals surface area (Å²) in [6.07, 6.45) is 3.93. The maximum Gasteiger partial charge on any atom is 0.191 e. The maximum atomic E-state index is 5.08. The first-order valence-corrected chi connectivity index (χ1v) is 8.77. The monoisotopic (exact) mass is 463 g/mol. The fourth-order valence-corrected chi connectivity index (χ4v) is 2.24. The fourth-order valence-electron chi connectivity index (χ4n) is 2.24. The van der Waals surface area contributed by atoms with Crippen molar-refractivity contribution in [3.8, 4) is 0 Å². The van der Waals surface area contributed by atoms with Gasteiger partial charge in [0.2, 0.25) is 0 Å². The van der Waals surface area contributed by atoms with Crippen molar-refractivity contribution in [3.63, 3.8) is 0 Å². The molecule has 0 aliphatic carbocycles.